The van der Waals surface area contributed by atoms with Gasteiger partial charge >= 0.3 is 5.97 Å². The lowest BCUT2D eigenvalue weighted by Gasteiger charge is -2.26. The largest absolute Gasteiger partial charge is 0.480 e. The van der Waals surface area contributed by atoms with Crippen LogP contribution in [0, 0.1) is 12.8 Å². The van der Waals surface area contributed by atoms with Crippen LogP contribution in [-0.2, 0) is 4.79 Å². The average molecular weight is 330 g/mol. The van der Waals surface area contributed by atoms with Crippen LogP contribution < -0.4 is 5.32 Å². The number of carboxylic acid groups (broad SMARTS) is 1. The second-order valence-electron chi connectivity index (χ2n) is 6.07. The Hall–Kier alpha value is -2.21. The summed E-state index contributed by atoms with van der Waals surface area (Å²) in [6, 6.07) is 7.11. The molecule has 1 aliphatic carbocycles. The van der Waals surface area contributed by atoms with E-state index in [1.807, 2.05) is 18.4 Å². The number of aliphatic carboxylic acids is 1. The van der Waals surface area contributed by atoms with Gasteiger partial charge in [0.2, 0.25) is 0 Å². The molecule has 2 N–H and O–H groups in total. The van der Waals surface area contributed by atoms with E-state index in [-0.39, 0.29) is 11.8 Å². The molecule has 5 nitrogen and oxygen atoms in total. The summed E-state index contributed by atoms with van der Waals surface area (Å²) in [5.74, 6) is -1.34. The number of carbonyl (C=O) groups is 2. The van der Waals surface area contributed by atoms with Crippen molar-refractivity contribution in [3.63, 3.8) is 0 Å². The van der Waals surface area contributed by atoms with E-state index in [0.29, 0.717) is 5.56 Å². The van der Waals surface area contributed by atoms with Crippen LogP contribution in [0.5, 0.6) is 0 Å². The van der Waals surface area contributed by atoms with E-state index in [1.165, 1.54) is 0 Å². The maximum atomic E-state index is 12.5. The number of nitrogens with zero attached hydrogens (tertiary/aromatic N) is 1. The van der Waals surface area contributed by atoms with Gasteiger partial charge in [-0.3, -0.25) is 4.79 Å². The molecule has 0 radical (unpaired) electrons. The molecule has 1 aromatic heterocycles. The van der Waals surface area contributed by atoms with Gasteiger partial charge in [0.25, 0.3) is 5.91 Å². The summed E-state index contributed by atoms with van der Waals surface area (Å²) in [6.45, 7) is 3.51. The van der Waals surface area contributed by atoms with Crippen molar-refractivity contribution in [3.8, 4) is 11.3 Å². The number of nitrogens with one attached hydrogen (secondary N) is 1. The molecule has 0 bridgehead atoms. The fourth-order valence-corrected chi connectivity index (χ4v) is 3.24. The number of aromatic nitrogens is 1. The van der Waals surface area contributed by atoms with E-state index >= 15 is 0 Å². The first kappa shape index (κ1) is 15.7. The summed E-state index contributed by atoms with van der Waals surface area (Å²) < 4.78 is 0. The second-order valence-corrected chi connectivity index (χ2v) is 7.13. The lowest BCUT2D eigenvalue weighted by molar-refractivity contribution is -0.144. The van der Waals surface area contributed by atoms with E-state index in [1.54, 1.807) is 36.5 Å². The number of benzene rings is 1. The molecule has 2 aromatic rings. The molecule has 23 heavy (non-hydrogen) atoms. The van der Waals surface area contributed by atoms with Gasteiger partial charge in [0.15, 0.2) is 0 Å². The lowest BCUT2D eigenvalue weighted by atomic mass is 9.95. The van der Waals surface area contributed by atoms with Gasteiger partial charge in [-0.25, -0.2) is 9.78 Å². The minimum absolute atomic E-state index is 0.00771. The van der Waals surface area contributed by atoms with Crippen LogP contribution in [0.15, 0.2) is 29.6 Å². The SMILES string of the molecule is Cc1nc(-c2cccc(C(=O)NC(C)(C(=O)O)C3CC3)c2)cs1. The Morgan fingerprint density at radius 2 is 2.13 bits per heavy atom. The highest BCUT2D eigenvalue weighted by molar-refractivity contribution is 7.09. The number of carbonyl (C=O) groups excluding carboxylic acids is 1. The van der Waals surface area contributed by atoms with E-state index in [4.69, 9.17) is 0 Å². The van der Waals surface area contributed by atoms with Crippen molar-refractivity contribution in [1.29, 1.82) is 0 Å². The number of carboxylic acids is 1. The first-order valence-corrected chi connectivity index (χ1v) is 8.36. The molecule has 1 unspecified atom stereocenters. The van der Waals surface area contributed by atoms with Gasteiger partial charge < -0.3 is 10.4 Å². The van der Waals surface area contributed by atoms with Crippen LogP contribution in [0.2, 0.25) is 0 Å². The van der Waals surface area contributed by atoms with Gasteiger partial charge in [0.05, 0.1) is 10.7 Å². The zero-order valence-corrected chi connectivity index (χ0v) is 13.8. The molecule has 1 heterocycles. The van der Waals surface area contributed by atoms with Gasteiger partial charge in [0, 0.05) is 16.5 Å². The minimum Gasteiger partial charge on any atom is -0.480 e. The summed E-state index contributed by atoms with van der Waals surface area (Å²) in [7, 11) is 0. The van der Waals surface area contributed by atoms with Crippen LogP contribution in [0.1, 0.15) is 35.1 Å². The van der Waals surface area contributed by atoms with Crippen LogP contribution in [0.3, 0.4) is 0 Å². The van der Waals surface area contributed by atoms with Crippen molar-refractivity contribution < 1.29 is 14.7 Å². The van der Waals surface area contributed by atoms with Crippen molar-refractivity contribution in [2.24, 2.45) is 5.92 Å². The molecule has 1 aromatic carbocycles. The standard InChI is InChI=1S/C17H18N2O3S/c1-10-18-14(9-23-10)11-4-3-5-12(8-11)15(20)19-17(2,16(21)22)13-6-7-13/h3-5,8-9,13H,6-7H2,1-2H3,(H,19,20)(H,21,22). The molecule has 1 saturated carbocycles. The average Bonchev–Trinajstić information content (AvgIpc) is 3.29. The van der Waals surface area contributed by atoms with Crippen molar-refractivity contribution in [1.82, 2.24) is 10.3 Å². The molecule has 3 rings (SSSR count). The molecule has 1 amide bonds. The molecule has 120 valence electrons. The quantitative estimate of drug-likeness (QED) is 0.883. The summed E-state index contributed by atoms with van der Waals surface area (Å²) in [5.41, 5.74) is 0.918. The van der Waals surface area contributed by atoms with Gasteiger partial charge in [-0.15, -0.1) is 11.3 Å². The molecule has 0 saturated heterocycles. The Morgan fingerprint density at radius 3 is 2.70 bits per heavy atom. The lowest BCUT2D eigenvalue weighted by Crippen LogP contribution is -2.54. The third-order valence-corrected chi connectivity index (χ3v) is 5.02. The fraction of sp³-hybridized carbons (Fsp3) is 0.353. The van der Waals surface area contributed by atoms with Crippen molar-refractivity contribution in [3.05, 3.63) is 40.2 Å². The molecule has 1 atom stereocenters. The molecule has 0 spiro atoms. The zero-order chi connectivity index (χ0) is 16.6. The highest BCUT2D eigenvalue weighted by Gasteiger charge is 2.48. The van der Waals surface area contributed by atoms with E-state index in [9.17, 15) is 14.7 Å². The molecule has 6 heteroatoms. The molecule has 1 fully saturated rings. The Kier molecular flexibility index (Phi) is 3.93. The Morgan fingerprint density at radius 1 is 1.39 bits per heavy atom. The minimum atomic E-state index is -1.20. The Balaban J connectivity index is 1.84. The first-order valence-electron chi connectivity index (χ1n) is 7.48. The van der Waals surface area contributed by atoms with Crippen molar-refractivity contribution in [2.75, 3.05) is 0 Å². The summed E-state index contributed by atoms with van der Waals surface area (Å²) >= 11 is 1.55. The number of hydrogen-bond acceptors (Lipinski definition) is 4. The molecular formula is C17H18N2O3S. The zero-order valence-electron chi connectivity index (χ0n) is 13.0. The Labute approximate surface area is 138 Å². The summed E-state index contributed by atoms with van der Waals surface area (Å²) in [6.07, 6.45) is 1.67. The summed E-state index contributed by atoms with van der Waals surface area (Å²) in [4.78, 5) is 28.4. The van der Waals surface area contributed by atoms with E-state index in [0.717, 1.165) is 29.1 Å². The highest BCUT2D eigenvalue weighted by Crippen LogP contribution is 2.40. The molecular weight excluding hydrogens is 312 g/mol. The van der Waals surface area contributed by atoms with Gasteiger partial charge in [-0.1, -0.05) is 12.1 Å². The summed E-state index contributed by atoms with van der Waals surface area (Å²) in [5, 5.41) is 15.1. The second kappa shape index (κ2) is 5.77. The predicted octanol–water partition coefficient (Wildman–Crippen LogP) is 3.10. The van der Waals surface area contributed by atoms with Crippen LogP contribution >= 0.6 is 11.3 Å². The van der Waals surface area contributed by atoms with Gasteiger partial charge in [-0.2, -0.15) is 0 Å². The molecule has 1 aliphatic rings. The maximum absolute atomic E-state index is 12.5. The monoisotopic (exact) mass is 330 g/mol. The highest BCUT2D eigenvalue weighted by atomic mass is 32.1. The topological polar surface area (TPSA) is 79.3 Å². The van der Waals surface area contributed by atoms with Crippen LogP contribution in [-0.4, -0.2) is 27.5 Å². The third-order valence-electron chi connectivity index (χ3n) is 4.25. The first-order chi connectivity index (χ1) is 10.9. The van der Waals surface area contributed by atoms with Crippen molar-refractivity contribution in [2.45, 2.75) is 32.2 Å². The smallest absolute Gasteiger partial charge is 0.329 e. The number of hydrogen-bond donors (Lipinski definition) is 2. The number of rotatable bonds is 5. The van der Waals surface area contributed by atoms with Crippen molar-refractivity contribution >= 4 is 23.2 Å². The van der Waals surface area contributed by atoms with Gasteiger partial charge in [-0.05, 0) is 44.7 Å². The predicted molar refractivity (Wildman–Crippen MR) is 88.5 cm³/mol. The van der Waals surface area contributed by atoms with E-state index < -0.39 is 11.5 Å². The number of aryl methyl sites for hydroxylation is 1. The fourth-order valence-electron chi connectivity index (χ4n) is 2.61. The van der Waals surface area contributed by atoms with Crippen LogP contribution in [0.4, 0.5) is 0 Å². The maximum Gasteiger partial charge on any atom is 0.329 e. The molecule has 0 aliphatic heterocycles. The number of amides is 1. The number of thiazole rings is 1. The van der Waals surface area contributed by atoms with E-state index in [2.05, 4.69) is 10.3 Å². The third kappa shape index (κ3) is 3.12. The van der Waals surface area contributed by atoms with Gasteiger partial charge in [0.1, 0.15) is 5.54 Å². The normalized spacial score (nSPS) is 16.6. The van der Waals surface area contributed by atoms with Crippen LogP contribution in [0.25, 0.3) is 11.3 Å². The Bertz CT molecular complexity index is 767.